The van der Waals surface area contributed by atoms with Crippen LogP contribution in [0.25, 0.3) is 0 Å². The van der Waals surface area contributed by atoms with Gasteiger partial charge >= 0.3 is 0 Å². The first-order valence-electron chi connectivity index (χ1n) is 6.96. The number of rotatable bonds is 6. The molecular weight excluding hydrogens is 280 g/mol. The van der Waals surface area contributed by atoms with E-state index in [0.717, 1.165) is 12.8 Å². The summed E-state index contributed by atoms with van der Waals surface area (Å²) in [6.07, 6.45) is 3.40. The van der Waals surface area contributed by atoms with E-state index in [1.807, 2.05) is 6.92 Å². The normalized spacial score (nSPS) is 25.3. The topological polar surface area (TPSA) is 95.7 Å². The van der Waals surface area contributed by atoms with Gasteiger partial charge < -0.3 is 5.73 Å². The second-order valence-electron chi connectivity index (χ2n) is 6.05. The maximum Gasteiger partial charge on any atom is 0.238 e. The molecule has 2 fully saturated rings. The van der Waals surface area contributed by atoms with Crippen molar-refractivity contribution in [2.45, 2.75) is 31.3 Å². The molecule has 1 saturated carbocycles. The Labute approximate surface area is 120 Å². The second-order valence-corrected chi connectivity index (χ2v) is 8.04. The van der Waals surface area contributed by atoms with Crippen molar-refractivity contribution in [2.24, 2.45) is 5.73 Å². The van der Waals surface area contributed by atoms with Gasteiger partial charge in [-0.2, -0.15) is 4.31 Å². The Hall–Kier alpha value is -0.700. The van der Waals surface area contributed by atoms with Crippen LogP contribution in [0, 0.1) is 0 Å². The Bertz CT molecular complexity index is 469. The van der Waals surface area contributed by atoms with Crippen molar-refractivity contribution >= 4 is 15.9 Å². The van der Waals surface area contributed by atoms with E-state index >= 15 is 0 Å². The molecule has 2 rings (SSSR count). The maximum absolute atomic E-state index is 11.7. The number of primary amides is 1. The molecule has 1 atom stereocenters. The summed E-state index contributed by atoms with van der Waals surface area (Å²) in [5.41, 5.74) is 4.78. The summed E-state index contributed by atoms with van der Waals surface area (Å²) in [6, 6.07) is 0.393. The third-order valence-electron chi connectivity index (χ3n) is 3.98. The molecule has 2 aliphatic rings. The molecule has 1 heterocycles. The number of carbonyl (C=O) groups excluding carboxylic acids is 1. The van der Waals surface area contributed by atoms with Crippen LogP contribution in [0.4, 0.5) is 0 Å². The summed E-state index contributed by atoms with van der Waals surface area (Å²) in [6.45, 7) is 4.55. The van der Waals surface area contributed by atoms with Gasteiger partial charge in [-0.25, -0.2) is 8.42 Å². The third kappa shape index (κ3) is 3.91. The lowest BCUT2D eigenvalue weighted by molar-refractivity contribution is -0.124. The first-order chi connectivity index (χ1) is 9.21. The SMILES string of the molecule is CC(CN1CCN(S(C)(=O)=O)CC1)(NC1CC1)C(N)=O. The van der Waals surface area contributed by atoms with Crippen molar-refractivity contribution in [2.75, 3.05) is 39.0 Å². The van der Waals surface area contributed by atoms with Gasteiger partial charge in [0, 0.05) is 38.8 Å². The van der Waals surface area contributed by atoms with Crippen LogP contribution in [-0.2, 0) is 14.8 Å². The lowest BCUT2D eigenvalue weighted by Crippen LogP contribution is -2.62. The van der Waals surface area contributed by atoms with E-state index in [4.69, 9.17) is 5.73 Å². The molecule has 20 heavy (non-hydrogen) atoms. The second kappa shape index (κ2) is 5.59. The first-order valence-corrected chi connectivity index (χ1v) is 8.81. The molecule has 0 aromatic carbocycles. The van der Waals surface area contributed by atoms with E-state index in [1.165, 1.54) is 10.6 Å². The Morgan fingerprint density at radius 1 is 1.30 bits per heavy atom. The van der Waals surface area contributed by atoms with Gasteiger partial charge in [0.1, 0.15) is 5.54 Å². The van der Waals surface area contributed by atoms with Gasteiger partial charge in [0.05, 0.1) is 6.26 Å². The highest BCUT2D eigenvalue weighted by Crippen LogP contribution is 2.23. The molecule has 1 saturated heterocycles. The van der Waals surface area contributed by atoms with Gasteiger partial charge in [0.25, 0.3) is 0 Å². The van der Waals surface area contributed by atoms with Crippen LogP contribution in [0.3, 0.4) is 0 Å². The summed E-state index contributed by atoms with van der Waals surface area (Å²) in [5.74, 6) is -0.352. The summed E-state index contributed by atoms with van der Waals surface area (Å²) in [5, 5.41) is 3.31. The zero-order valence-electron chi connectivity index (χ0n) is 12.1. The molecular formula is C12H24N4O3S. The molecule has 0 spiro atoms. The number of hydrogen-bond acceptors (Lipinski definition) is 5. The molecule has 0 aromatic rings. The number of amides is 1. The molecule has 7 nitrogen and oxygen atoms in total. The van der Waals surface area contributed by atoms with E-state index in [0.29, 0.717) is 38.8 Å². The molecule has 0 bridgehead atoms. The van der Waals surface area contributed by atoms with Crippen LogP contribution in [0.15, 0.2) is 0 Å². The Morgan fingerprint density at radius 3 is 2.25 bits per heavy atom. The first kappa shape index (κ1) is 15.7. The van der Waals surface area contributed by atoms with E-state index in [9.17, 15) is 13.2 Å². The lowest BCUT2D eigenvalue weighted by Gasteiger charge is -2.38. The van der Waals surface area contributed by atoms with Crippen LogP contribution >= 0.6 is 0 Å². The predicted octanol–water partition coefficient (Wildman–Crippen LogP) is -1.44. The average molecular weight is 304 g/mol. The predicted molar refractivity (Wildman–Crippen MR) is 76.6 cm³/mol. The number of hydrogen-bond donors (Lipinski definition) is 2. The summed E-state index contributed by atoms with van der Waals surface area (Å²) < 4.78 is 24.4. The molecule has 1 amide bonds. The quantitative estimate of drug-likeness (QED) is 0.626. The standard InChI is InChI=1S/C12H24N4O3S/c1-12(11(13)17,14-10-3-4-10)9-15-5-7-16(8-6-15)20(2,18)19/h10,14H,3-9H2,1-2H3,(H2,13,17). The third-order valence-corrected chi connectivity index (χ3v) is 5.29. The van der Waals surface area contributed by atoms with Gasteiger partial charge in [-0.15, -0.1) is 0 Å². The van der Waals surface area contributed by atoms with E-state index in [1.54, 1.807) is 0 Å². The minimum atomic E-state index is -3.12. The minimum Gasteiger partial charge on any atom is -0.368 e. The van der Waals surface area contributed by atoms with Crippen molar-refractivity contribution in [3.8, 4) is 0 Å². The van der Waals surface area contributed by atoms with Crippen LogP contribution < -0.4 is 11.1 Å². The minimum absolute atomic E-state index is 0.352. The van der Waals surface area contributed by atoms with Crippen molar-refractivity contribution in [1.82, 2.24) is 14.5 Å². The fourth-order valence-electron chi connectivity index (χ4n) is 2.54. The number of nitrogens with two attached hydrogens (primary N) is 1. The van der Waals surface area contributed by atoms with Crippen LogP contribution in [0.2, 0.25) is 0 Å². The van der Waals surface area contributed by atoms with E-state index in [2.05, 4.69) is 10.2 Å². The van der Waals surface area contributed by atoms with E-state index < -0.39 is 15.6 Å². The molecule has 0 radical (unpaired) electrons. The average Bonchev–Trinajstić information content (AvgIpc) is 3.12. The van der Waals surface area contributed by atoms with Crippen LogP contribution in [-0.4, -0.2) is 74.1 Å². The molecule has 1 aliphatic heterocycles. The molecule has 1 unspecified atom stereocenters. The fourth-order valence-corrected chi connectivity index (χ4v) is 3.37. The Kier molecular flexibility index (Phi) is 4.38. The fraction of sp³-hybridized carbons (Fsp3) is 0.917. The highest BCUT2D eigenvalue weighted by atomic mass is 32.2. The summed E-state index contributed by atoms with van der Waals surface area (Å²) in [7, 11) is -3.12. The van der Waals surface area contributed by atoms with Gasteiger partial charge in [-0.1, -0.05) is 0 Å². The van der Waals surface area contributed by atoms with Crippen LogP contribution in [0.1, 0.15) is 19.8 Å². The number of nitrogens with zero attached hydrogens (tertiary/aromatic N) is 2. The summed E-state index contributed by atoms with van der Waals surface area (Å²) >= 11 is 0. The molecule has 0 aromatic heterocycles. The van der Waals surface area contributed by atoms with E-state index in [-0.39, 0.29) is 5.91 Å². The zero-order valence-corrected chi connectivity index (χ0v) is 12.9. The van der Waals surface area contributed by atoms with Crippen molar-refractivity contribution in [1.29, 1.82) is 0 Å². The zero-order chi connectivity index (χ0) is 15.0. The molecule has 1 aliphatic carbocycles. The molecule has 3 N–H and O–H groups in total. The Morgan fingerprint density at radius 2 is 1.85 bits per heavy atom. The van der Waals surface area contributed by atoms with Gasteiger partial charge in [-0.3, -0.25) is 15.0 Å². The Balaban J connectivity index is 1.91. The highest BCUT2D eigenvalue weighted by molar-refractivity contribution is 7.88. The van der Waals surface area contributed by atoms with Gasteiger partial charge in [0.2, 0.25) is 15.9 Å². The summed E-state index contributed by atoms with van der Waals surface area (Å²) in [4.78, 5) is 13.8. The number of carbonyl (C=O) groups is 1. The number of sulfonamides is 1. The maximum atomic E-state index is 11.7. The monoisotopic (exact) mass is 304 g/mol. The van der Waals surface area contributed by atoms with Crippen molar-refractivity contribution in [3.63, 3.8) is 0 Å². The van der Waals surface area contributed by atoms with Gasteiger partial charge in [-0.05, 0) is 19.8 Å². The molecule has 116 valence electrons. The smallest absolute Gasteiger partial charge is 0.238 e. The number of piperazine rings is 1. The van der Waals surface area contributed by atoms with Gasteiger partial charge in [0.15, 0.2) is 0 Å². The highest BCUT2D eigenvalue weighted by Gasteiger charge is 2.39. The van der Waals surface area contributed by atoms with Crippen molar-refractivity contribution in [3.05, 3.63) is 0 Å². The molecule has 8 heteroatoms. The van der Waals surface area contributed by atoms with Crippen LogP contribution in [0.5, 0.6) is 0 Å². The lowest BCUT2D eigenvalue weighted by atomic mass is 10.00. The largest absolute Gasteiger partial charge is 0.368 e. The number of nitrogens with one attached hydrogen (secondary N) is 1. The van der Waals surface area contributed by atoms with Crippen molar-refractivity contribution < 1.29 is 13.2 Å².